The second-order valence-electron chi connectivity index (χ2n) is 3.27. The molecule has 0 amide bonds. The van der Waals surface area contributed by atoms with Crippen LogP contribution >= 0.6 is 27.3 Å². The molecule has 0 aliphatic rings. The number of hydrogen-bond donors (Lipinski definition) is 3. The number of hydrogen-bond acceptors (Lipinski definition) is 5. The minimum absolute atomic E-state index is 0.120. The molecule has 0 aliphatic carbocycles. The molecular formula is C10H11BrN4S. The fraction of sp³-hybridized carbons (Fsp3) is 0.100. The number of nitrogens with two attached hydrogens (primary N) is 2. The summed E-state index contributed by atoms with van der Waals surface area (Å²) in [6.45, 7) is 0. The lowest BCUT2D eigenvalue weighted by Crippen LogP contribution is -2.28. The molecule has 2 rings (SSSR count). The molecule has 2 aromatic heterocycles. The zero-order valence-corrected chi connectivity index (χ0v) is 10.8. The minimum Gasteiger partial charge on any atom is -0.398 e. The molecule has 2 aromatic rings. The van der Waals surface area contributed by atoms with Gasteiger partial charge in [-0.2, -0.15) is 0 Å². The van der Waals surface area contributed by atoms with Crippen LogP contribution in [0, 0.1) is 0 Å². The first kappa shape index (κ1) is 11.5. The molecule has 0 saturated heterocycles. The summed E-state index contributed by atoms with van der Waals surface area (Å²) in [5, 5.41) is 2.01. The minimum atomic E-state index is -0.120. The van der Waals surface area contributed by atoms with Crippen LogP contribution in [0.2, 0.25) is 0 Å². The van der Waals surface area contributed by atoms with E-state index in [0.29, 0.717) is 5.69 Å². The molecule has 0 radical (unpaired) electrons. The van der Waals surface area contributed by atoms with Crippen molar-refractivity contribution in [3.05, 3.63) is 44.8 Å². The Labute approximate surface area is 106 Å². The van der Waals surface area contributed by atoms with E-state index in [1.54, 1.807) is 29.8 Å². The number of halogens is 1. The standard InChI is InChI=1S/C10H11BrN4S/c11-6-3-9(16-5-6)10(15-13)7-4-14-2-1-8(7)12/h1-5,10,15H,13H2,(H2,12,14). The van der Waals surface area contributed by atoms with Gasteiger partial charge >= 0.3 is 0 Å². The maximum Gasteiger partial charge on any atom is 0.0837 e. The molecule has 84 valence electrons. The smallest absolute Gasteiger partial charge is 0.0837 e. The molecule has 0 spiro atoms. The summed E-state index contributed by atoms with van der Waals surface area (Å²) in [6, 6.07) is 3.66. The van der Waals surface area contributed by atoms with Gasteiger partial charge < -0.3 is 5.73 Å². The van der Waals surface area contributed by atoms with Gasteiger partial charge in [0.25, 0.3) is 0 Å². The van der Waals surface area contributed by atoms with Crippen LogP contribution in [0.15, 0.2) is 34.4 Å². The van der Waals surface area contributed by atoms with Crippen LogP contribution in [0.5, 0.6) is 0 Å². The van der Waals surface area contributed by atoms with Gasteiger partial charge in [0.2, 0.25) is 0 Å². The number of nitrogens with one attached hydrogen (secondary N) is 1. The van der Waals surface area contributed by atoms with Gasteiger partial charge in [-0.1, -0.05) is 0 Å². The van der Waals surface area contributed by atoms with E-state index in [9.17, 15) is 0 Å². The predicted octanol–water partition coefficient (Wildman–Crippen LogP) is 2.04. The Morgan fingerprint density at radius 2 is 2.31 bits per heavy atom. The summed E-state index contributed by atoms with van der Waals surface area (Å²) < 4.78 is 1.04. The van der Waals surface area contributed by atoms with Crippen LogP contribution in [0.1, 0.15) is 16.5 Å². The van der Waals surface area contributed by atoms with Crippen LogP contribution in [0.3, 0.4) is 0 Å². The number of pyridine rings is 1. The first-order valence-electron chi connectivity index (χ1n) is 4.62. The zero-order valence-electron chi connectivity index (χ0n) is 8.35. The lowest BCUT2D eigenvalue weighted by Gasteiger charge is -2.15. The van der Waals surface area contributed by atoms with Crippen molar-refractivity contribution in [2.24, 2.45) is 5.84 Å². The van der Waals surface area contributed by atoms with E-state index in [1.165, 1.54) is 0 Å². The monoisotopic (exact) mass is 298 g/mol. The summed E-state index contributed by atoms with van der Waals surface area (Å²) in [5.41, 5.74) is 10.2. The lowest BCUT2D eigenvalue weighted by atomic mass is 10.1. The van der Waals surface area contributed by atoms with E-state index in [2.05, 4.69) is 26.3 Å². The van der Waals surface area contributed by atoms with Gasteiger partial charge in [0.1, 0.15) is 0 Å². The number of aromatic nitrogens is 1. The summed E-state index contributed by atoms with van der Waals surface area (Å²) in [4.78, 5) is 5.16. The molecule has 1 unspecified atom stereocenters. The maximum absolute atomic E-state index is 5.90. The fourth-order valence-corrected chi connectivity index (χ4v) is 2.98. The average Bonchev–Trinajstić information content (AvgIpc) is 2.69. The Morgan fingerprint density at radius 3 is 2.88 bits per heavy atom. The molecular weight excluding hydrogens is 288 g/mol. The third kappa shape index (κ3) is 2.25. The molecule has 0 fully saturated rings. The zero-order chi connectivity index (χ0) is 11.5. The second kappa shape index (κ2) is 4.92. The van der Waals surface area contributed by atoms with Crippen LogP contribution in [0.4, 0.5) is 5.69 Å². The van der Waals surface area contributed by atoms with Crippen molar-refractivity contribution in [1.82, 2.24) is 10.4 Å². The number of nitrogens with zero attached hydrogens (tertiary/aromatic N) is 1. The maximum atomic E-state index is 5.90. The Kier molecular flexibility index (Phi) is 3.55. The van der Waals surface area contributed by atoms with Crippen molar-refractivity contribution < 1.29 is 0 Å². The SMILES string of the molecule is NNC(c1cc(Br)cs1)c1cnccc1N. The molecule has 0 saturated carbocycles. The largest absolute Gasteiger partial charge is 0.398 e. The molecule has 5 N–H and O–H groups in total. The molecule has 16 heavy (non-hydrogen) atoms. The molecule has 6 heteroatoms. The first-order chi connectivity index (χ1) is 7.72. The van der Waals surface area contributed by atoms with Gasteiger partial charge in [-0.3, -0.25) is 10.8 Å². The van der Waals surface area contributed by atoms with Gasteiger partial charge in [-0.25, -0.2) is 5.43 Å². The van der Waals surface area contributed by atoms with Gasteiger partial charge in [-0.15, -0.1) is 11.3 Å². The van der Waals surface area contributed by atoms with E-state index >= 15 is 0 Å². The average molecular weight is 299 g/mol. The predicted molar refractivity (Wildman–Crippen MR) is 69.8 cm³/mol. The summed E-state index contributed by atoms with van der Waals surface area (Å²) in [6.07, 6.45) is 3.39. The van der Waals surface area contributed by atoms with Crippen molar-refractivity contribution in [3.8, 4) is 0 Å². The fourth-order valence-electron chi connectivity index (χ4n) is 1.46. The van der Waals surface area contributed by atoms with Gasteiger partial charge in [0.05, 0.1) is 6.04 Å². The van der Waals surface area contributed by atoms with Crippen molar-refractivity contribution >= 4 is 33.0 Å². The number of anilines is 1. The Hall–Kier alpha value is -0.950. The van der Waals surface area contributed by atoms with Crippen molar-refractivity contribution in [2.75, 3.05) is 5.73 Å². The van der Waals surface area contributed by atoms with Crippen molar-refractivity contribution in [3.63, 3.8) is 0 Å². The highest BCUT2D eigenvalue weighted by molar-refractivity contribution is 9.10. The summed E-state index contributed by atoms with van der Waals surface area (Å²) in [7, 11) is 0. The number of thiophene rings is 1. The topological polar surface area (TPSA) is 77.0 Å². The van der Waals surface area contributed by atoms with E-state index in [0.717, 1.165) is 14.9 Å². The molecule has 1 atom stereocenters. The summed E-state index contributed by atoms with van der Waals surface area (Å²) >= 11 is 5.03. The van der Waals surface area contributed by atoms with Crippen molar-refractivity contribution in [2.45, 2.75) is 6.04 Å². The molecule has 2 heterocycles. The van der Waals surface area contributed by atoms with Crippen LogP contribution in [0.25, 0.3) is 0 Å². The van der Waals surface area contributed by atoms with Gasteiger partial charge in [0.15, 0.2) is 0 Å². The van der Waals surface area contributed by atoms with E-state index in [-0.39, 0.29) is 6.04 Å². The van der Waals surface area contributed by atoms with Gasteiger partial charge in [0, 0.05) is 38.4 Å². The lowest BCUT2D eigenvalue weighted by molar-refractivity contribution is 0.646. The molecule has 0 aromatic carbocycles. The highest BCUT2D eigenvalue weighted by Crippen LogP contribution is 2.31. The highest BCUT2D eigenvalue weighted by atomic mass is 79.9. The Balaban J connectivity index is 2.40. The van der Waals surface area contributed by atoms with Crippen LogP contribution in [-0.2, 0) is 0 Å². The quantitative estimate of drug-likeness (QED) is 0.599. The third-order valence-electron chi connectivity index (χ3n) is 2.24. The van der Waals surface area contributed by atoms with E-state index < -0.39 is 0 Å². The summed E-state index contributed by atoms with van der Waals surface area (Å²) in [5.74, 6) is 5.57. The Bertz CT molecular complexity index is 485. The third-order valence-corrected chi connectivity index (χ3v) is 4.00. The van der Waals surface area contributed by atoms with Crippen molar-refractivity contribution in [1.29, 1.82) is 0 Å². The first-order valence-corrected chi connectivity index (χ1v) is 6.29. The second-order valence-corrected chi connectivity index (χ2v) is 5.13. The highest BCUT2D eigenvalue weighted by Gasteiger charge is 2.16. The van der Waals surface area contributed by atoms with E-state index in [1.807, 2.05) is 11.4 Å². The Morgan fingerprint density at radius 1 is 1.50 bits per heavy atom. The van der Waals surface area contributed by atoms with Crippen LogP contribution in [-0.4, -0.2) is 4.98 Å². The number of hydrazine groups is 1. The number of nitrogen functional groups attached to an aromatic ring is 1. The van der Waals surface area contributed by atoms with Gasteiger partial charge in [-0.05, 0) is 28.1 Å². The molecule has 0 bridgehead atoms. The van der Waals surface area contributed by atoms with Crippen LogP contribution < -0.4 is 17.0 Å². The molecule has 4 nitrogen and oxygen atoms in total. The number of rotatable bonds is 3. The molecule has 0 aliphatic heterocycles. The normalized spacial score (nSPS) is 12.6. The van der Waals surface area contributed by atoms with E-state index in [4.69, 9.17) is 11.6 Å².